The number of nitro groups is 1. The van der Waals surface area contributed by atoms with E-state index in [-0.39, 0.29) is 34.5 Å². The van der Waals surface area contributed by atoms with Crippen molar-refractivity contribution in [3.8, 4) is 5.69 Å². The molecule has 2 saturated heterocycles. The molecule has 0 N–H and O–H groups in total. The van der Waals surface area contributed by atoms with Gasteiger partial charge in [0.05, 0.1) is 34.4 Å². The Morgan fingerprint density at radius 2 is 1.67 bits per heavy atom. The van der Waals surface area contributed by atoms with Crippen molar-refractivity contribution < 1.29 is 22.9 Å². The maximum absolute atomic E-state index is 13.6. The van der Waals surface area contributed by atoms with Crippen LogP contribution in [0.4, 0.5) is 17.1 Å². The van der Waals surface area contributed by atoms with Crippen LogP contribution in [0.3, 0.4) is 0 Å². The Kier molecular flexibility index (Phi) is 7.61. The highest BCUT2D eigenvalue weighted by Crippen LogP contribution is 2.40. The van der Waals surface area contributed by atoms with E-state index in [1.54, 1.807) is 35.2 Å². The fraction of sp³-hybridized carbons (Fsp3) is 0.387. The van der Waals surface area contributed by atoms with E-state index in [1.807, 2.05) is 43.5 Å². The number of hydrogen-bond acceptors (Lipinski definition) is 7. The number of morpholine rings is 1. The average Bonchev–Trinajstić information content (AvgIpc) is 3.70. The summed E-state index contributed by atoms with van der Waals surface area (Å²) in [6.07, 6.45) is 3.84. The van der Waals surface area contributed by atoms with Gasteiger partial charge in [0, 0.05) is 61.3 Å². The standard InChI is InChI=1S/C31H35N5O6S/c1-4-34-28-10-8-25(43(40,41)33-13-15-42-16-14-33)20-26(28)27(31(34)37)18-23-17-21(2)35(22(23)3)24-7-9-29(30(19-24)36(38)39)32-11-5-6-12-32/h7-10,17-20H,4-6,11-16H2,1-3H3. The topological polar surface area (TPSA) is 118 Å². The number of ether oxygens (including phenoxy) is 1. The molecule has 226 valence electrons. The lowest BCUT2D eigenvalue weighted by molar-refractivity contribution is -0.384. The van der Waals surface area contributed by atoms with Crippen molar-refractivity contribution >= 4 is 44.6 Å². The summed E-state index contributed by atoms with van der Waals surface area (Å²) in [4.78, 5) is 29.2. The monoisotopic (exact) mass is 605 g/mol. The lowest BCUT2D eigenvalue weighted by atomic mass is 10.0. The summed E-state index contributed by atoms with van der Waals surface area (Å²) >= 11 is 0. The molecule has 0 bridgehead atoms. The van der Waals surface area contributed by atoms with E-state index in [4.69, 9.17) is 4.74 Å². The molecule has 11 nitrogen and oxygen atoms in total. The molecule has 1 amide bonds. The minimum Gasteiger partial charge on any atom is -0.379 e. The van der Waals surface area contributed by atoms with Gasteiger partial charge in [-0.15, -0.1) is 0 Å². The van der Waals surface area contributed by atoms with Crippen LogP contribution in [0.25, 0.3) is 17.3 Å². The highest BCUT2D eigenvalue weighted by molar-refractivity contribution is 7.89. The average molecular weight is 606 g/mol. The van der Waals surface area contributed by atoms with Gasteiger partial charge in [-0.05, 0) is 81.7 Å². The molecule has 3 aromatic rings. The predicted molar refractivity (Wildman–Crippen MR) is 165 cm³/mol. The van der Waals surface area contributed by atoms with Gasteiger partial charge in [0.1, 0.15) is 5.69 Å². The van der Waals surface area contributed by atoms with Crippen molar-refractivity contribution in [1.82, 2.24) is 8.87 Å². The van der Waals surface area contributed by atoms with Gasteiger partial charge in [-0.1, -0.05) is 0 Å². The Balaban J connectivity index is 1.41. The molecule has 12 heteroatoms. The minimum absolute atomic E-state index is 0.0688. The summed E-state index contributed by atoms with van der Waals surface area (Å²) in [5.74, 6) is -0.200. The number of carbonyl (C=O) groups is 1. The van der Waals surface area contributed by atoms with Crippen LogP contribution in [-0.4, -0.2) is 74.1 Å². The SMILES string of the molecule is CCN1C(=O)C(=Cc2cc(C)n(-c3ccc(N4CCCC4)c([N+](=O)[O-])c3)c2C)c2cc(S(=O)(=O)N3CCOCC3)ccc21. The maximum Gasteiger partial charge on any atom is 0.294 e. The van der Waals surface area contributed by atoms with Gasteiger partial charge < -0.3 is 19.1 Å². The van der Waals surface area contributed by atoms with Crippen LogP contribution in [0.5, 0.6) is 0 Å². The third-order valence-corrected chi connectivity index (χ3v) is 10.5. The van der Waals surface area contributed by atoms with Crippen molar-refractivity contribution in [3.05, 3.63) is 75.1 Å². The number of likely N-dealkylation sites (N-methyl/N-ethyl adjacent to an activating group) is 1. The Bertz CT molecular complexity index is 1750. The molecule has 0 saturated carbocycles. The maximum atomic E-state index is 13.6. The number of rotatable bonds is 7. The van der Waals surface area contributed by atoms with Crippen molar-refractivity contribution in [2.75, 3.05) is 55.7 Å². The third kappa shape index (κ3) is 5.02. The van der Waals surface area contributed by atoms with Gasteiger partial charge in [0.15, 0.2) is 0 Å². The highest BCUT2D eigenvalue weighted by Gasteiger charge is 2.35. The Morgan fingerprint density at radius 1 is 0.977 bits per heavy atom. The normalized spacial score (nSPS) is 18.6. The highest BCUT2D eigenvalue weighted by atomic mass is 32.2. The van der Waals surface area contributed by atoms with Crippen LogP contribution < -0.4 is 9.80 Å². The van der Waals surface area contributed by atoms with E-state index < -0.39 is 10.0 Å². The van der Waals surface area contributed by atoms with Crippen LogP contribution in [0.2, 0.25) is 0 Å². The van der Waals surface area contributed by atoms with Crippen LogP contribution in [-0.2, 0) is 19.6 Å². The van der Waals surface area contributed by atoms with Gasteiger partial charge in [0.2, 0.25) is 10.0 Å². The van der Waals surface area contributed by atoms with E-state index in [0.29, 0.717) is 48.0 Å². The molecular weight excluding hydrogens is 570 g/mol. The fourth-order valence-corrected chi connectivity index (χ4v) is 7.83. The molecule has 1 aromatic heterocycles. The number of hydrogen-bond donors (Lipinski definition) is 0. The molecule has 43 heavy (non-hydrogen) atoms. The Hall–Kier alpha value is -4.00. The van der Waals surface area contributed by atoms with Crippen LogP contribution in [0, 0.1) is 24.0 Å². The lowest BCUT2D eigenvalue weighted by Gasteiger charge is -2.26. The molecule has 3 aliphatic heterocycles. The number of aryl methyl sites for hydroxylation is 1. The van der Waals surface area contributed by atoms with E-state index in [1.165, 1.54) is 4.31 Å². The van der Waals surface area contributed by atoms with Gasteiger partial charge in [-0.25, -0.2) is 8.42 Å². The number of carbonyl (C=O) groups excluding carboxylic acids is 1. The molecule has 0 unspecified atom stereocenters. The van der Waals surface area contributed by atoms with Crippen LogP contribution >= 0.6 is 0 Å². The van der Waals surface area contributed by atoms with Crippen LogP contribution in [0.1, 0.15) is 42.3 Å². The van der Waals surface area contributed by atoms with Gasteiger partial charge >= 0.3 is 0 Å². The van der Waals surface area contributed by atoms with Crippen molar-refractivity contribution in [3.63, 3.8) is 0 Å². The molecule has 0 radical (unpaired) electrons. The zero-order valence-corrected chi connectivity index (χ0v) is 25.4. The van der Waals surface area contributed by atoms with E-state index >= 15 is 0 Å². The van der Waals surface area contributed by atoms with Crippen LogP contribution in [0.15, 0.2) is 47.4 Å². The van der Waals surface area contributed by atoms with E-state index in [0.717, 1.165) is 42.9 Å². The van der Waals surface area contributed by atoms with Crippen molar-refractivity contribution in [1.29, 1.82) is 0 Å². The third-order valence-electron chi connectivity index (χ3n) is 8.58. The summed E-state index contributed by atoms with van der Waals surface area (Å²) in [6.45, 7) is 9.02. The van der Waals surface area contributed by atoms with E-state index in [2.05, 4.69) is 4.90 Å². The van der Waals surface area contributed by atoms with Gasteiger partial charge in [-0.3, -0.25) is 14.9 Å². The van der Waals surface area contributed by atoms with Gasteiger partial charge in [0.25, 0.3) is 11.6 Å². The second kappa shape index (κ2) is 11.3. The molecule has 2 fully saturated rings. The lowest BCUT2D eigenvalue weighted by Crippen LogP contribution is -2.40. The first-order valence-corrected chi connectivity index (χ1v) is 16.0. The van der Waals surface area contributed by atoms with Crippen molar-refractivity contribution in [2.45, 2.75) is 38.5 Å². The molecular formula is C31H35N5O6S. The number of anilines is 2. The number of fused-ring (bicyclic) bond motifs is 1. The number of amides is 1. The molecule has 2 aromatic carbocycles. The number of sulfonamides is 1. The predicted octanol–water partition coefficient (Wildman–Crippen LogP) is 4.53. The quantitative estimate of drug-likeness (QED) is 0.221. The zero-order valence-electron chi connectivity index (χ0n) is 24.6. The number of aromatic nitrogens is 1. The molecule has 4 heterocycles. The number of nitrogens with zero attached hydrogens (tertiary/aromatic N) is 5. The molecule has 3 aliphatic rings. The molecule has 0 aliphatic carbocycles. The first-order chi connectivity index (χ1) is 20.6. The molecule has 0 atom stereocenters. The minimum atomic E-state index is -3.76. The second-order valence-electron chi connectivity index (χ2n) is 11.1. The smallest absolute Gasteiger partial charge is 0.294 e. The zero-order chi connectivity index (χ0) is 30.5. The summed E-state index contributed by atoms with van der Waals surface area (Å²) in [5.41, 5.74) is 5.46. The molecule has 6 rings (SSSR count). The summed E-state index contributed by atoms with van der Waals surface area (Å²) in [7, 11) is -3.76. The first kappa shape index (κ1) is 29.1. The second-order valence-corrected chi connectivity index (χ2v) is 13.0. The molecule has 0 spiro atoms. The number of nitro benzene ring substituents is 1. The fourth-order valence-electron chi connectivity index (χ4n) is 6.40. The first-order valence-electron chi connectivity index (χ1n) is 14.6. The van der Waals surface area contributed by atoms with Crippen molar-refractivity contribution in [2.24, 2.45) is 0 Å². The number of benzene rings is 2. The largest absolute Gasteiger partial charge is 0.379 e. The Morgan fingerprint density at radius 3 is 2.35 bits per heavy atom. The summed E-state index contributed by atoms with van der Waals surface area (Å²) < 4.78 is 35.5. The summed E-state index contributed by atoms with van der Waals surface area (Å²) in [6, 6.07) is 12.1. The summed E-state index contributed by atoms with van der Waals surface area (Å²) in [5, 5.41) is 12.0. The van der Waals surface area contributed by atoms with Gasteiger partial charge in [-0.2, -0.15) is 4.31 Å². The Labute approximate surface area is 251 Å². The van der Waals surface area contributed by atoms with E-state index in [9.17, 15) is 23.3 Å².